The number of benzene rings is 1. The molecular formula is C12H11Br2NO2. The zero-order valence-corrected chi connectivity index (χ0v) is 12.5. The van der Waals surface area contributed by atoms with Crippen molar-refractivity contribution in [3.63, 3.8) is 0 Å². The highest BCUT2D eigenvalue weighted by Gasteiger charge is 2.13. The molecule has 0 aliphatic carbocycles. The van der Waals surface area contributed by atoms with Gasteiger partial charge in [-0.2, -0.15) is 5.26 Å². The zero-order chi connectivity index (χ0) is 12.8. The minimum Gasteiger partial charge on any atom is -0.466 e. The first kappa shape index (κ1) is 14.2. The van der Waals surface area contributed by atoms with E-state index in [9.17, 15) is 4.79 Å². The van der Waals surface area contributed by atoms with E-state index in [0.29, 0.717) is 22.0 Å². The number of halogens is 2. The van der Waals surface area contributed by atoms with Crippen molar-refractivity contribution < 1.29 is 9.53 Å². The first-order valence-electron chi connectivity index (χ1n) is 5.06. The van der Waals surface area contributed by atoms with Crippen LogP contribution in [0.25, 0.3) is 0 Å². The molecule has 0 spiro atoms. The van der Waals surface area contributed by atoms with Crippen molar-refractivity contribution in [1.82, 2.24) is 0 Å². The summed E-state index contributed by atoms with van der Waals surface area (Å²) in [4.78, 5) is 11.4. The maximum absolute atomic E-state index is 11.4. The van der Waals surface area contributed by atoms with Gasteiger partial charge in [-0.25, -0.2) is 0 Å². The van der Waals surface area contributed by atoms with Crippen molar-refractivity contribution >= 4 is 37.8 Å². The van der Waals surface area contributed by atoms with Gasteiger partial charge >= 0.3 is 5.97 Å². The standard InChI is InChI=1S/C12H11Br2NO2/c1-2-17-11(16)5-8-3-4-9(6-13)10(7-15)12(8)14/h3-4H,2,5-6H2,1H3. The van der Waals surface area contributed by atoms with Crippen molar-refractivity contribution in [3.8, 4) is 6.07 Å². The van der Waals surface area contributed by atoms with Crippen LogP contribution >= 0.6 is 31.9 Å². The van der Waals surface area contributed by atoms with Crippen LogP contribution in [0.15, 0.2) is 16.6 Å². The number of hydrogen-bond acceptors (Lipinski definition) is 3. The lowest BCUT2D eigenvalue weighted by Crippen LogP contribution is -2.08. The van der Waals surface area contributed by atoms with Crippen LogP contribution in [0.2, 0.25) is 0 Å². The van der Waals surface area contributed by atoms with E-state index in [1.54, 1.807) is 6.92 Å². The molecule has 0 aliphatic rings. The lowest BCUT2D eigenvalue weighted by atomic mass is 10.0. The molecule has 0 aliphatic heterocycles. The first-order valence-corrected chi connectivity index (χ1v) is 6.97. The number of carbonyl (C=O) groups excluding carboxylic acids is 1. The number of hydrogen-bond donors (Lipinski definition) is 0. The van der Waals surface area contributed by atoms with E-state index in [1.165, 1.54) is 0 Å². The van der Waals surface area contributed by atoms with Gasteiger partial charge in [0, 0.05) is 9.80 Å². The molecule has 0 amide bonds. The Morgan fingerprint density at radius 1 is 1.47 bits per heavy atom. The van der Waals surface area contributed by atoms with E-state index in [4.69, 9.17) is 10.00 Å². The van der Waals surface area contributed by atoms with Crippen LogP contribution in [0.5, 0.6) is 0 Å². The summed E-state index contributed by atoms with van der Waals surface area (Å²) in [6.07, 6.45) is 0.172. The average Bonchev–Trinajstić information content (AvgIpc) is 2.31. The summed E-state index contributed by atoms with van der Waals surface area (Å²) in [6.45, 7) is 2.13. The molecule has 17 heavy (non-hydrogen) atoms. The van der Waals surface area contributed by atoms with E-state index in [1.807, 2.05) is 12.1 Å². The van der Waals surface area contributed by atoms with Crippen molar-refractivity contribution in [3.05, 3.63) is 33.3 Å². The van der Waals surface area contributed by atoms with Crippen LogP contribution in [0.1, 0.15) is 23.6 Å². The minimum atomic E-state index is -0.288. The summed E-state index contributed by atoms with van der Waals surface area (Å²) in [5, 5.41) is 9.68. The second-order valence-electron chi connectivity index (χ2n) is 3.30. The molecule has 90 valence electrons. The third kappa shape index (κ3) is 3.55. The van der Waals surface area contributed by atoms with Gasteiger partial charge < -0.3 is 4.74 Å². The van der Waals surface area contributed by atoms with Crippen molar-refractivity contribution in [2.75, 3.05) is 6.61 Å². The number of esters is 1. The highest BCUT2D eigenvalue weighted by Crippen LogP contribution is 2.26. The highest BCUT2D eigenvalue weighted by atomic mass is 79.9. The summed E-state index contributed by atoms with van der Waals surface area (Å²) in [5.41, 5.74) is 2.22. The molecule has 0 unspecified atom stereocenters. The molecule has 0 atom stereocenters. The molecule has 0 N–H and O–H groups in total. The van der Waals surface area contributed by atoms with Gasteiger partial charge in [0.05, 0.1) is 18.6 Å². The molecule has 0 saturated heterocycles. The Balaban J connectivity index is 3.04. The molecule has 1 aromatic rings. The lowest BCUT2D eigenvalue weighted by molar-refractivity contribution is -0.142. The van der Waals surface area contributed by atoms with Crippen LogP contribution in [-0.2, 0) is 21.3 Å². The minimum absolute atomic E-state index is 0.172. The summed E-state index contributed by atoms with van der Waals surface area (Å²) in [5.74, 6) is -0.288. The number of nitrogens with zero attached hydrogens (tertiary/aromatic N) is 1. The van der Waals surface area contributed by atoms with E-state index in [0.717, 1.165) is 11.1 Å². The van der Waals surface area contributed by atoms with Crippen LogP contribution < -0.4 is 0 Å². The monoisotopic (exact) mass is 359 g/mol. The fourth-order valence-electron chi connectivity index (χ4n) is 1.40. The highest BCUT2D eigenvalue weighted by molar-refractivity contribution is 9.10. The van der Waals surface area contributed by atoms with E-state index >= 15 is 0 Å². The van der Waals surface area contributed by atoms with E-state index < -0.39 is 0 Å². The number of alkyl halides is 1. The topological polar surface area (TPSA) is 50.1 Å². The predicted octanol–water partition coefficient (Wildman–Crippen LogP) is 3.32. The number of ether oxygens (including phenoxy) is 1. The quantitative estimate of drug-likeness (QED) is 0.611. The van der Waals surface area contributed by atoms with Gasteiger partial charge in [0.15, 0.2) is 0 Å². The molecule has 0 heterocycles. The van der Waals surface area contributed by atoms with Gasteiger partial charge in [0.2, 0.25) is 0 Å². The number of nitriles is 1. The summed E-state index contributed by atoms with van der Waals surface area (Å²) < 4.78 is 5.55. The first-order chi connectivity index (χ1) is 8.13. The van der Waals surface area contributed by atoms with Crippen molar-refractivity contribution in [2.45, 2.75) is 18.7 Å². The number of rotatable bonds is 4. The maximum Gasteiger partial charge on any atom is 0.310 e. The molecule has 5 heteroatoms. The molecule has 1 aromatic carbocycles. The molecule has 0 aromatic heterocycles. The Kier molecular flexibility index (Phi) is 5.66. The zero-order valence-electron chi connectivity index (χ0n) is 9.30. The molecule has 1 rings (SSSR count). The largest absolute Gasteiger partial charge is 0.466 e. The van der Waals surface area contributed by atoms with Crippen LogP contribution in [0, 0.1) is 11.3 Å². The van der Waals surface area contributed by atoms with Gasteiger partial charge in [-0.15, -0.1) is 0 Å². The summed E-state index contributed by atoms with van der Waals surface area (Å²) in [7, 11) is 0. The van der Waals surface area contributed by atoms with Gasteiger partial charge in [0.1, 0.15) is 6.07 Å². The summed E-state index contributed by atoms with van der Waals surface area (Å²) >= 11 is 6.68. The van der Waals surface area contributed by atoms with Crippen LogP contribution in [0.4, 0.5) is 0 Å². The Morgan fingerprint density at radius 3 is 2.65 bits per heavy atom. The maximum atomic E-state index is 11.4. The van der Waals surface area contributed by atoms with Gasteiger partial charge in [-0.1, -0.05) is 28.1 Å². The third-order valence-corrected chi connectivity index (χ3v) is 3.71. The van der Waals surface area contributed by atoms with Gasteiger partial charge in [-0.05, 0) is 34.0 Å². The van der Waals surface area contributed by atoms with E-state index in [-0.39, 0.29) is 12.4 Å². The Labute approximate surface area is 117 Å². The Morgan fingerprint density at radius 2 is 2.12 bits per heavy atom. The lowest BCUT2D eigenvalue weighted by Gasteiger charge is -2.08. The second kappa shape index (κ2) is 6.77. The van der Waals surface area contributed by atoms with E-state index in [2.05, 4.69) is 37.9 Å². The molecular weight excluding hydrogens is 350 g/mol. The summed E-state index contributed by atoms with van der Waals surface area (Å²) in [6, 6.07) is 5.80. The van der Waals surface area contributed by atoms with Crippen LogP contribution in [0.3, 0.4) is 0 Å². The predicted molar refractivity (Wildman–Crippen MR) is 71.8 cm³/mol. The fraction of sp³-hybridized carbons (Fsp3) is 0.333. The molecule has 3 nitrogen and oxygen atoms in total. The van der Waals surface area contributed by atoms with Gasteiger partial charge in [0.25, 0.3) is 0 Å². The number of carbonyl (C=O) groups is 1. The van der Waals surface area contributed by atoms with Crippen LogP contribution in [-0.4, -0.2) is 12.6 Å². The SMILES string of the molecule is CCOC(=O)Cc1ccc(CBr)c(C#N)c1Br. The normalized spacial score (nSPS) is 9.76. The van der Waals surface area contributed by atoms with Crippen molar-refractivity contribution in [1.29, 1.82) is 5.26 Å². The van der Waals surface area contributed by atoms with Crippen molar-refractivity contribution in [2.24, 2.45) is 0 Å². The second-order valence-corrected chi connectivity index (χ2v) is 4.65. The third-order valence-electron chi connectivity index (χ3n) is 2.20. The fourth-order valence-corrected chi connectivity index (χ4v) is 2.48. The van der Waals surface area contributed by atoms with Gasteiger partial charge in [-0.3, -0.25) is 4.79 Å². The molecule has 0 bridgehead atoms. The smallest absolute Gasteiger partial charge is 0.310 e. The Hall–Kier alpha value is -0.860. The molecule has 0 saturated carbocycles. The Bertz CT molecular complexity index is 466. The molecule has 0 fully saturated rings. The average molecular weight is 361 g/mol. The molecule has 0 radical (unpaired) electrons.